The first kappa shape index (κ1) is 12.9. The van der Waals surface area contributed by atoms with E-state index in [4.69, 9.17) is 0 Å². The monoisotopic (exact) mass is 266 g/mol. The quantitative estimate of drug-likeness (QED) is 0.771. The zero-order valence-electron chi connectivity index (χ0n) is 11.1. The van der Waals surface area contributed by atoms with Crippen LogP contribution in [0, 0.1) is 11.6 Å². The van der Waals surface area contributed by atoms with Crippen LogP contribution in [0.2, 0.25) is 0 Å². The summed E-state index contributed by atoms with van der Waals surface area (Å²) in [5, 5.41) is 0. The fourth-order valence-electron chi connectivity index (χ4n) is 3.37. The van der Waals surface area contributed by atoms with Crippen LogP contribution in [0.15, 0.2) is 18.2 Å². The number of para-hydroxylation sites is 1. The van der Waals surface area contributed by atoms with E-state index >= 15 is 0 Å². The predicted molar refractivity (Wildman–Crippen MR) is 72.4 cm³/mol. The Bertz CT molecular complexity index is 430. The van der Waals surface area contributed by atoms with Gasteiger partial charge in [-0.05, 0) is 37.9 Å². The summed E-state index contributed by atoms with van der Waals surface area (Å²) in [5.41, 5.74) is 0.162. The average Bonchev–Trinajstić information content (AvgIpc) is 2.60. The van der Waals surface area contributed by atoms with E-state index < -0.39 is 11.6 Å². The highest BCUT2D eigenvalue weighted by Gasteiger charge is 2.29. The molecule has 3 rings (SSSR count). The number of hydrogen-bond donors (Lipinski definition) is 0. The topological polar surface area (TPSA) is 6.48 Å². The van der Waals surface area contributed by atoms with E-state index in [1.165, 1.54) is 31.0 Å². The number of rotatable bonds is 1. The van der Waals surface area contributed by atoms with E-state index in [1.807, 2.05) is 4.90 Å². The predicted octanol–water partition coefficient (Wildman–Crippen LogP) is 3.03. The highest BCUT2D eigenvalue weighted by atomic mass is 19.1. The Morgan fingerprint density at radius 1 is 0.947 bits per heavy atom. The van der Waals surface area contributed by atoms with Gasteiger partial charge >= 0.3 is 0 Å². The lowest BCUT2D eigenvalue weighted by molar-refractivity contribution is 0.162. The van der Waals surface area contributed by atoms with Gasteiger partial charge in [-0.2, -0.15) is 0 Å². The van der Waals surface area contributed by atoms with E-state index in [1.54, 1.807) is 0 Å². The number of anilines is 1. The second-order valence-corrected chi connectivity index (χ2v) is 5.56. The number of piperidine rings is 1. The van der Waals surface area contributed by atoms with Gasteiger partial charge in [-0.25, -0.2) is 8.78 Å². The van der Waals surface area contributed by atoms with Gasteiger partial charge in [0.05, 0.1) is 0 Å². The highest BCUT2D eigenvalue weighted by molar-refractivity contribution is 5.49. The second-order valence-electron chi connectivity index (χ2n) is 5.56. The van der Waals surface area contributed by atoms with Crippen molar-refractivity contribution in [3.8, 4) is 0 Å². The fourth-order valence-corrected chi connectivity index (χ4v) is 3.37. The lowest BCUT2D eigenvalue weighted by Crippen LogP contribution is -2.44. The summed E-state index contributed by atoms with van der Waals surface area (Å²) in [6.07, 6.45) is 4.61. The zero-order chi connectivity index (χ0) is 13.2. The third-order valence-corrected chi connectivity index (χ3v) is 4.31. The molecule has 4 heteroatoms. The molecular formula is C15H20F2N2. The van der Waals surface area contributed by atoms with Crippen molar-refractivity contribution in [2.24, 2.45) is 0 Å². The molecule has 104 valence electrons. The van der Waals surface area contributed by atoms with Crippen molar-refractivity contribution in [3.63, 3.8) is 0 Å². The van der Waals surface area contributed by atoms with Gasteiger partial charge in [0.2, 0.25) is 0 Å². The van der Waals surface area contributed by atoms with Crippen molar-refractivity contribution < 1.29 is 8.78 Å². The number of hydrogen-bond acceptors (Lipinski definition) is 2. The van der Waals surface area contributed by atoms with E-state index in [2.05, 4.69) is 4.90 Å². The van der Waals surface area contributed by atoms with Crippen molar-refractivity contribution in [1.29, 1.82) is 0 Å². The van der Waals surface area contributed by atoms with Crippen LogP contribution >= 0.6 is 0 Å². The van der Waals surface area contributed by atoms with Crippen LogP contribution in [0.5, 0.6) is 0 Å². The average molecular weight is 266 g/mol. The van der Waals surface area contributed by atoms with Gasteiger partial charge in [0.1, 0.15) is 17.3 Å². The Morgan fingerprint density at radius 2 is 1.68 bits per heavy atom. The van der Waals surface area contributed by atoms with Crippen molar-refractivity contribution >= 4 is 5.69 Å². The van der Waals surface area contributed by atoms with Crippen LogP contribution in [0.4, 0.5) is 14.5 Å². The van der Waals surface area contributed by atoms with Gasteiger partial charge in [-0.1, -0.05) is 12.5 Å². The summed E-state index contributed by atoms with van der Waals surface area (Å²) in [6, 6.07) is 4.58. The molecule has 2 saturated heterocycles. The molecule has 0 bridgehead atoms. The molecule has 2 aliphatic rings. The zero-order valence-corrected chi connectivity index (χ0v) is 11.1. The van der Waals surface area contributed by atoms with Gasteiger partial charge in [-0.3, -0.25) is 4.90 Å². The number of fused-ring (bicyclic) bond motifs is 1. The number of benzene rings is 1. The van der Waals surface area contributed by atoms with Crippen molar-refractivity contribution in [1.82, 2.24) is 4.90 Å². The van der Waals surface area contributed by atoms with Crippen molar-refractivity contribution in [3.05, 3.63) is 29.8 Å². The van der Waals surface area contributed by atoms with Gasteiger partial charge in [0.15, 0.2) is 0 Å². The fraction of sp³-hybridized carbons (Fsp3) is 0.600. The molecule has 2 heterocycles. The minimum Gasteiger partial charge on any atom is -0.365 e. The molecule has 0 saturated carbocycles. The minimum atomic E-state index is -0.441. The van der Waals surface area contributed by atoms with Gasteiger partial charge < -0.3 is 4.90 Å². The van der Waals surface area contributed by atoms with E-state index in [9.17, 15) is 8.78 Å². The first-order valence-corrected chi connectivity index (χ1v) is 7.19. The summed E-state index contributed by atoms with van der Waals surface area (Å²) in [5.74, 6) is -0.881. The molecule has 0 aromatic heterocycles. The maximum Gasteiger partial charge on any atom is 0.149 e. The van der Waals surface area contributed by atoms with Crippen LogP contribution in [0.1, 0.15) is 25.7 Å². The van der Waals surface area contributed by atoms with Crippen LogP contribution in [0.25, 0.3) is 0 Å². The first-order chi connectivity index (χ1) is 9.25. The van der Waals surface area contributed by atoms with Gasteiger partial charge in [0.25, 0.3) is 0 Å². The summed E-state index contributed by atoms with van der Waals surface area (Å²) in [7, 11) is 0. The van der Waals surface area contributed by atoms with Crippen LogP contribution < -0.4 is 4.90 Å². The van der Waals surface area contributed by atoms with Crippen molar-refractivity contribution in [2.75, 3.05) is 31.1 Å². The summed E-state index contributed by atoms with van der Waals surface area (Å²) < 4.78 is 27.8. The molecular weight excluding hydrogens is 246 g/mol. The lowest BCUT2D eigenvalue weighted by atomic mass is 10.0. The maximum atomic E-state index is 13.9. The molecule has 19 heavy (non-hydrogen) atoms. The Hall–Kier alpha value is -1.16. The van der Waals surface area contributed by atoms with Crippen LogP contribution in [-0.2, 0) is 0 Å². The van der Waals surface area contributed by atoms with E-state index in [-0.39, 0.29) is 5.69 Å². The Kier molecular flexibility index (Phi) is 3.69. The SMILES string of the molecule is Fc1cccc(F)c1N1CCCN2CCCCC2C1. The lowest BCUT2D eigenvalue weighted by Gasteiger charge is -2.36. The second kappa shape index (κ2) is 5.45. The largest absolute Gasteiger partial charge is 0.365 e. The summed E-state index contributed by atoms with van der Waals surface area (Å²) in [6.45, 7) is 3.68. The Labute approximate surface area is 113 Å². The molecule has 0 N–H and O–H groups in total. The highest BCUT2D eigenvalue weighted by Crippen LogP contribution is 2.28. The molecule has 2 fully saturated rings. The molecule has 0 amide bonds. The van der Waals surface area contributed by atoms with E-state index in [0.717, 1.165) is 39.0 Å². The third-order valence-electron chi connectivity index (χ3n) is 4.31. The molecule has 0 radical (unpaired) electrons. The summed E-state index contributed by atoms with van der Waals surface area (Å²) in [4.78, 5) is 4.39. The molecule has 1 atom stereocenters. The molecule has 1 aromatic carbocycles. The first-order valence-electron chi connectivity index (χ1n) is 7.19. The van der Waals surface area contributed by atoms with Crippen LogP contribution in [-0.4, -0.2) is 37.1 Å². The smallest absolute Gasteiger partial charge is 0.149 e. The Morgan fingerprint density at radius 3 is 2.47 bits per heavy atom. The number of halogens is 2. The molecule has 2 nitrogen and oxygen atoms in total. The third kappa shape index (κ3) is 2.59. The maximum absolute atomic E-state index is 13.9. The van der Waals surface area contributed by atoms with Gasteiger partial charge in [0, 0.05) is 25.7 Å². The van der Waals surface area contributed by atoms with Gasteiger partial charge in [-0.15, -0.1) is 0 Å². The molecule has 1 unspecified atom stereocenters. The Balaban J connectivity index is 1.84. The van der Waals surface area contributed by atoms with E-state index in [0.29, 0.717) is 6.04 Å². The summed E-state index contributed by atoms with van der Waals surface area (Å²) >= 11 is 0. The van der Waals surface area contributed by atoms with Crippen molar-refractivity contribution in [2.45, 2.75) is 31.7 Å². The standard InChI is InChI=1S/C15H20F2N2/c16-13-6-3-7-14(17)15(13)19-10-4-9-18-8-2-1-5-12(18)11-19/h3,6-7,12H,1-2,4-5,8-11H2. The minimum absolute atomic E-state index is 0.162. The molecule has 0 aliphatic carbocycles. The normalized spacial score (nSPS) is 24.9. The molecule has 0 spiro atoms. The number of nitrogens with zero attached hydrogens (tertiary/aromatic N) is 2. The van der Waals surface area contributed by atoms with Crippen LogP contribution in [0.3, 0.4) is 0 Å². The molecule has 2 aliphatic heterocycles. The molecule has 1 aromatic rings.